The van der Waals surface area contributed by atoms with Crippen LogP contribution in [0.4, 0.5) is 0 Å². The number of esters is 1. The summed E-state index contributed by atoms with van der Waals surface area (Å²) < 4.78 is 40.6. The van der Waals surface area contributed by atoms with E-state index in [1.165, 1.54) is 12.7 Å². The lowest BCUT2D eigenvalue weighted by Gasteiger charge is -2.29. The van der Waals surface area contributed by atoms with E-state index in [1.807, 2.05) is 74.5 Å². The monoisotopic (exact) mass is 614 g/mol. The smallest absolute Gasteiger partial charge is 0.341 e. The second kappa shape index (κ2) is 16.5. The molecule has 0 spiro atoms. The summed E-state index contributed by atoms with van der Waals surface area (Å²) >= 11 is 0. The van der Waals surface area contributed by atoms with Crippen LogP contribution in [0.25, 0.3) is 0 Å². The van der Waals surface area contributed by atoms with Gasteiger partial charge in [0.05, 0.1) is 21.3 Å². The quantitative estimate of drug-likeness (QED) is 0.0927. The minimum Gasteiger partial charge on any atom is -0.496 e. The molecule has 0 aliphatic rings. The van der Waals surface area contributed by atoms with E-state index in [-0.39, 0.29) is 12.9 Å². The lowest BCUT2D eigenvalue weighted by molar-refractivity contribution is -0.110. The van der Waals surface area contributed by atoms with Gasteiger partial charge < -0.3 is 33.2 Å². The summed E-state index contributed by atoms with van der Waals surface area (Å²) in [5, 5.41) is 0. The fourth-order valence-corrected chi connectivity index (χ4v) is 5.13. The Morgan fingerprint density at radius 1 is 0.756 bits per heavy atom. The third-order valence-electron chi connectivity index (χ3n) is 7.48. The van der Waals surface area contributed by atoms with E-state index >= 15 is 0 Å². The predicted octanol–water partition coefficient (Wildman–Crippen LogP) is 8.03. The molecule has 0 saturated heterocycles. The van der Waals surface area contributed by atoms with Crippen molar-refractivity contribution in [2.75, 3.05) is 35.2 Å². The molecule has 0 fully saturated rings. The summed E-state index contributed by atoms with van der Waals surface area (Å²) in [7, 11) is 6.22. The summed E-state index contributed by atoms with van der Waals surface area (Å²) in [6, 6.07) is 26.9. The Morgan fingerprint density at radius 3 is 2.04 bits per heavy atom. The molecule has 0 N–H and O–H groups in total. The van der Waals surface area contributed by atoms with E-state index in [0.717, 1.165) is 29.5 Å². The molecular formula is C37H42O8. The van der Waals surface area contributed by atoms with Gasteiger partial charge in [-0.15, -0.1) is 0 Å². The van der Waals surface area contributed by atoms with Gasteiger partial charge in [-0.1, -0.05) is 36.4 Å². The first kappa shape index (κ1) is 33.4. The van der Waals surface area contributed by atoms with Crippen molar-refractivity contribution >= 4 is 5.97 Å². The Bertz CT molecular complexity index is 1490. The van der Waals surface area contributed by atoms with E-state index in [2.05, 4.69) is 12.1 Å². The molecule has 4 aromatic rings. The van der Waals surface area contributed by atoms with Crippen molar-refractivity contribution in [2.45, 2.75) is 45.3 Å². The zero-order valence-electron chi connectivity index (χ0n) is 26.8. The first-order chi connectivity index (χ1) is 21.9. The van der Waals surface area contributed by atoms with Gasteiger partial charge in [-0.3, -0.25) is 0 Å². The molecule has 8 nitrogen and oxygen atoms in total. The van der Waals surface area contributed by atoms with E-state index in [1.54, 1.807) is 33.5 Å². The number of methoxy groups -OCH3 is 4. The SMILES string of the molecule is COCO[C@H](c1cc(OC)c(C)c(OC)c1)[C@H](CCCc1ccccc1)Oc1ccc(Oc2cc(C)ccc2C(=O)OC)cc1. The minimum absolute atomic E-state index is 0.0769. The van der Waals surface area contributed by atoms with Crippen LogP contribution >= 0.6 is 0 Å². The highest BCUT2D eigenvalue weighted by molar-refractivity contribution is 5.92. The topological polar surface area (TPSA) is 81.7 Å². The van der Waals surface area contributed by atoms with Crippen LogP contribution in [0.15, 0.2) is 84.9 Å². The van der Waals surface area contributed by atoms with Gasteiger partial charge in [-0.2, -0.15) is 0 Å². The second-order valence-corrected chi connectivity index (χ2v) is 10.6. The van der Waals surface area contributed by atoms with E-state index in [0.29, 0.717) is 40.7 Å². The molecule has 0 aromatic heterocycles. The molecule has 0 amide bonds. The highest BCUT2D eigenvalue weighted by Gasteiger charge is 2.28. The van der Waals surface area contributed by atoms with Crippen LogP contribution in [-0.4, -0.2) is 47.3 Å². The zero-order valence-corrected chi connectivity index (χ0v) is 26.8. The van der Waals surface area contributed by atoms with Crippen molar-refractivity contribution in [3.63, 3.8) is 0 Å². The number of hydrogen-bond donors (Lipinski definition) is 0. The lowest BCUT2D eigenvalue weighted by atomic mass is 9.96. The number of carbonyl (C=O) groups excluding carboxylic acids is 1. The van der Waals surface area contributed by atoms with Crippen LogP contribution in [0.2, 0.25) is 0 Å². The number of rotatable bonds is 16. The maximum Gasteiger partial charge on any atom is 0.341 e. The van der Waals surface area contributed by atoms with Crippen LogP contribution < -0.4 is 18.9 Å². The summed E-state index contributed by atoms with van der Waals surface area (Å²) in [6.45, 7) is 3.96. The summed E-state index contributed by atoms with van der Waals surface area (Å²) in [6.07, 6.45) is 1.59. The molecule has 8 heteroatoms. The highest BCUT2D eigenvalue weighted by Crippen LogP contribution is 2.37. The minimum atomic E-state index is -0.491. The van der Waals surface area contributed by atoms with Gasteiger partial charge in [0, 0.05) is 12.7 Å². The fraction of sp³-hybridized carbons (Fsp3) is 0.324. The van der Waals surface area contributed by atoms with Crippen molar-refractivity contribution < 1.29 is 38.0 Å². The number of hydrogen-bond acceptors (Lipinski definition) is 8. The molecule has 238 valence electrons. The van der Waals surface area contributed by atoms with E-state index in [4.69, 9.17) is 33.2 Å². The second-order valence-electron chi connectivity index (χ2n) is 10.6. The van der Waals surface area contributed by atoms with Gasteiger partial charge in [0.15, 0.2) is 0 Å². The Balaban J connectivity index is 1.62. The summed E-state index contributed by atoms with van der Waals surface area (Å²) in [4.78, 5) is 12.3. The number of aryl methyl sites for hydroxylation is 2. The van der Waals surface area contributed by atoms with Crippen molar-refractivity contribution in [1.82, 2.24) is 0 Å². The molecule has 4 rings (SSSR count). The van der Waals surface area contributed by atoms with Crippen LogP contribution in [0, 0.1) is 13.8 Å². The van der Waals surface area contributed by atoms with Gasteiger partial charge in [-0.05, 0) is 98.3 Å². The third-order valence-corrected chi connectivity index (χ3v) is 7.48. The van der Waals surface area contributed by atoms with E-state index in [9.17, 15) is 4.79 Å². The first-order valence-corrected chi connectivity index (χ1v) is 14.9. The normalized spacial score (nSPS) is 12.2. The van der Waals surface area contributed by atoms with Crippen LogP contribution in [0.5, 0.6) is 28.7 Å². The highest BCUT2D eigenvalue weighted by atomic mass is 16.7. The number of ether oxygens (including phenoxy) is 7. The van der Waals surface area contributed by atoms with Crippen LogP contribution in [-0.2, 0) is 20.6 Å². The molecule has 0 aliphatic heterocycles. The van der Waals surface area contributed by atoms with Gasteiger partial charge in [0.1, 0.15) is 53.3 Å². The third kappa shape index (κ3) is 9.00. The standard InChI is InChI=1S/C37H42O8/c1-25-15-20-31(37(38)42-6)35(21-25)45-30-18-16-29(17-19-30)44-32(14-10-13-27-11-8-7-9-12-27)36(43-24-39-3)28-22-33(40-4)26(2)34(23-28)41-5/h7-9,11-12,15-23,32,36H,10,13-14,24H2,1-6H3/t32-,36+/m0/s1. The molecule has 4 aromatic carbocycles. The Labute approximate surface area is 265 Å². The summed E-state index contributed by atoms with van der Waals surface area (Å²) in [5.41, 5.74) is 4.32. The van der Waals surface area contributed by atoms with Gasteiger partial charge in [0.25, 0.3) is 0 Å². The van der Waals surface area contributed by atoms with Crippen molar-refractivity contribution in [1.29, 1.82) is 0 Å². The maximum atomic E-state index is 12.3. The molecular weight excluding hydrogens is 572 g/mol. The average molecular weight is 615 g/mol. The van der Waals surface area contributed by atoms with Gasteiger partial charge >= 0.3 is 5.97 Å². The molecule has 2 atom stereocenters. The maximum absolute atomic E-state index is 12.3. The molecule has 0 saturated carbocycles. The largest absolute Gasteiger partial charge is 0.496 e. The van der Waals surface area contributed by atoms with E-state index < -0.39 is 12.1 Å². The molecule has 0 aliphatic carbocycles. The van der Waals surface area contributed by atoms with Gasteiger partial charge in [-0.25, -0.2) is 4.79 Å². The van der Waals surface area contributed by atoms with Crippen LogP contribution in [0.3, 0.4) is 0 Å². The van der Waals surface area contributed by atoms with Gasteiger partial charge in [0.2, 0.25) is 0 Å². The lowest BCUT2D eigenvalue weighted by Crippen LogP contribution is -2.28. The van der Waals surface area contributed by atoms with Crippen LogP contribution in [0.1, 0.15) is 51.6 Å². The van der Waals surface area contributed by atoms with Crippen molar-refractivity contribution in [3.05, 3.63) is 113 Å². The molecule has 0 heterocycles. The summed E-state index contributed by atoms with van der Waals surface area (Å²) in [5.74, 6) is 2.55. The number of benzene rings is 4. The molecule has 45 heavy (non-hydrogen) atoms. The Morgan fingerprint density at radius 2 is 1.42 bits per heavy atom. The zero-order chi connectivity index (χ0) is 32.2. The molecule has 0 radical (unpaired) electrons. The van der Waals surface area contributed by atoms with Crippen molar-refractivity contribution in [2.24, 2.45) is 0 Å². The predicted molar refractivity (Wildman–Crippen MR) is 173 cm³/mol. The first-order valence-electron chi connectivity index (χ1n) is 14.9. The molecule has 0 unspecified atom stereocenters. The molecule has 0 bridgehead atoms. The Kier molecular flexibility index (Phi) is 12.2. The number of carbonyl (C=O) groups is 1. The average Bonchev–Trinajstić information content (AvgIpc) is 3.06. The Hall–Kier alpha value is -4.53. The van der Waals surface area contributed by atoms with Crippen molar-refractivity contribution in [3.8, 4) is 28.7 Å². The fourth-order valence-electron chi connectivity index (χ4n) is 5.13.